The van der Waals surface area contributed by atoms with Crippen LogP contribution in [0.5, 0.6) is 0 Å². The quantitative estimate of drug-likeness (QED) is 0.412. The maximum Gasteiger partial charge on any atom is 0.279 e. The van der Waals surface area contributed by atoms with Gasteiger partial charge in [-0.1, -0.05) is 64.8 Å². The fourth-order valence-corrected chi connectivity index (χ4v) is 3.46. The molecular weight excluding hydrogens is 400 g/mol. The molecule has 2 aromatic heterocycles. The zero-order valence-corrected chi connectivity index (χ0v) is 16.7. The smallest absolute Gasteiger partial charge is 0.279 e. The van der Waals surface area contributed by atoms with E-state index in [1.165, 1.54) is 4.68 Å². The minimum absolute atomic E-state index is 0.215. The second-order valence-corrected chi connectivity index (χ2v) is 7.32. The Kier molecular flexibility index (Phi) is 4.41. The van der Waals surface area contributed by atoms with Crippen LogP contribution in [0.2, 0.25) is 5.02 Å². The number of benzene rings is 3. The van der Waals surface area contributed by atoms with Gasteiger partial charge in [0, 0.05) is 16.0 Å². The Bertz CT molecular complexity index is 1440. The van der Waals surface area contributed by atoms with E-state index in [1.807, 2.05) is 61.5 Å². The van der Waals surface area contributed by atoms with E-state index in [9.17, 15) is 4.79 Å². The highest BCUT2D eigenvalue weighted by Gasteiger charge is 2.19. The average Bonchev–Trinajstić information content (AvgIpc) is 3.25. The first-order valence-electron chi connectivity index (χ1n) is 9.29. The Morgan fingerprint density at radius 3 is 2.47 bits per heavy atom. The molecule has 3 aromatic carbocycles. The third kappa shape index (κ3) is 3.17. The molecule has 0 bridgehead atoms. The van der Waals surface area contributed by atoms with Crippen molar-refractivity contribution in [2.75, 3.05) is 0 Å². The molecule has 7 heteroatoms. The SMILES string of the molecule is Cc1ccc(-n2nc(-c3nc(-c4cccc(Cl)c4)no3)c3ccccc3c2=O)cc1. The Balaban J connectivity index is 1.72. The molecule has 5 rings (SSSR count). The Labute approximate surface area is 176 Å². The number of aromatic nitrogens is 4. The van der Waals surface area contributed by atoms with Gasteiger partial charge in [-0.05, 0) is 37.3 Å². The summed E-state index contributed by atoms with van der Waals surface area (Å²) in [5.74, 6) is 0.619. The summed E-state index contributed by atoms with van der Waals surface area (Å²) in [4.78, 5) is 17.6. The van der Waals surface area contributed by atoms with E-state index < -0.39 is 0 Å². The minimum atomic E-state index is -0.215. The zero-order valence-electron chi connectivity index (χ0n) is 15.9. The number of aryl methyl sites for hydroxylation is 1. The first kappa shape index (κ1) is 18.3. The van der Waals surface area contributed by atoms with Crippen LogP contribution in [-0.2, 0) is 0 Å². The molecular formula is C23H15ClN4O2. The van der Waals surface area contributed by atoms with Crippen molar-refractivity contribution < 1.29 is 4.52 Å². The van der Waals surface area contributed by atoms with Crippen LogP contribution in [0, 0.1) is 6.92 Å². The summed E-state index contributed by atoms with van der Waals surface area (Å²) in [7, 11) is 0. The van der Waals surface area contributed by atoms with Gasteiger partial charge in [0.2, 0.25) is 5.82 Å². The van der Waals surface area contributed by atoms with Crippen molar-refractivity contribution >= 4 is 22.4 Å². The van der Waals surface area contributed by atoms with Gasteiger partial charge in [-0.3, -0.25) is 4.79 Å². The predicted molar refractivity (Wildman–Crippen MR) is 116 cm³/mol. The standard InChI is InChI=1S/C23H15ClN4O2/c1-14-9-11-17(12-10-14)28-23(29)19-8-3-2-7-18(19)20(26-28)22-25-21(27-30-22)15-5-4-6-16(24)13-15/h2-13H,1H3. The van der Waals surface area contributed by atoms with Gasteiger partial charge in [0.15, 0.2) is 5.69 Å². The first-order valence-corrected chi connectivity index (χ1v) is 9.67. The Hall–Kier alpha value is -3.77. The highest BCUT2D eigenvalue weighted by molar-refractivity contribution is 6.30. The van der Waals surface area contributed by atoms with E-state index in [2.05, 4.69) is 15.2 Å². The molecule has 0 aliphatic carbocycles. The molecule has 0 atom stereocenters. The molecule has 0 fully saturated rings. The lowest BCUT2D eigenvalue weighted by Gasteiger charge is -2.09. The van der Waals surface area contributed by atoms with Crippen LogP contribution in [0.15, 0.2) is 82.1 Å². The van der Waals surface area contributed by atoms with Crippen LogP contribution in [0.1, 0.15) is 5.56 Å². The zero-order chi connectivity index (χ0) is 20.7. The number of halogens is 1. The van der Waals surface area contributed by atoms with E-state index in [0.29, 0.717) is 33.0 Å². The van der Waals surface area contributed by atoms with Crippen LogP contribution in [-0.4, -0.2) is 19.9 Å². The molecule has 6 nitrogen and oxygen atoms in total. The number of hydrogen-bond acceptors (Lipinski definition) is 5. The monoisotopic (exact) mass is 414 g/mol. The fraction of sp³-hybridized carbons (Fsp3) is 0.0435. The van der Waals surface area contributed by atoms with Crippen molar-refractivity contribution in [2.45, 2.75) is 6.92 Å². The van der Waals surface area contributed by atoms with E-state index in [-0.39, 0.29) is 11.4 Å². The van der Waals surface area contributed by atoms with Gasteiger partial charge >= 0.3 is 0 Å². The topological polar surface area (TPSA) is 73.8 Å². The highest BCUT2D eigenvalue weighted by Crippen LogP contribution is 2.27. The number of hydrogen-bond donors (Lipinski definition) is 0. The predicted octanol–water partition coefficient (Wildman–Crippen LogP) is 5.06. The maximum atomic E-state index is 13.1. The van der Waals surface area contributed by atoms with Gasteiger partial charge in [-0.25, -0.2) is 0 Å². The minimum Gasteiger partial charge on any atom is -0.332 e. The first-order chi connectivity index (χ1) is 14.6. The molecule has 5 aromatic rings. The van der Waals surface area contributed by atoms with Gasteiger partial charge in [0.05, 0.1) is 11.1 Å². The van der Waals surface area contributed by atoms with Gasteiger partial charge < -0.3 is 4.52 Å². The van der Waals surface area contributed by atoms with Crippen molar-refractivity contribution in [3.63, 3.8) is 0 Å². The molecule has 2 heterocycles. The van der Waals surface area contributed by atoms with E-state index in [0.717, 1.165) is 11.1 Å². The number of nitrogens with zero attached hydrogens (tertiary/aromatic N) is 4. The molecule has 0 saturated carbocycles. The number of fused-ring (bicyclic) bond motifs is 1. The number of rotatable bonds is 3. The molecule has 0 saturated heterocycles. The van der Waals surface area contributed by atoms with Crippen LogP contribution in [0.4, 0.5) is 0 Å². The second-order valence-electron chi connectivity index (χ2n) is 6.88. The fourth-order valence-electron chi connectivity index (χ4n) is 3.27. The molecule has 30 heavy (non-hydrogen) atoms. The Morgan fingerprint density at radius 2 is 1.70 bits per heavy atom. The van der Waals surface area contributed by atoms with Crippen molar-refractivity contribution in [2.24, 2.45) is 0 Å². The molecule has 0 aliphatic rings. The van der Waals surface area contributed by atoms with Gasteiger partial charge in [-0.15, -0.1) is 0 Å². The lowest BCUT2D eigenvalue weighted by Crippen LogP contribution is -2.22. The molecule has 0 radical (unpaired) electrons. The molecule has 0 unspecified atom stereocenters. The summed E-state index contributed by atoms with van der Waals surface area (Å²) in [6.45, 7) is 1.99. The summed E-state index contributed by atoms with van der Waals surface area (Å²) in [5.41, 5.74) is 2.70. The summed E-state index contributed by atoms with van der Waals surface area (Å²) >= 11 is 6.08. The summed E-state index contributed by atoms with van der Waals surface area (Å²) < 4.78 is 6.88. The molecule has 0 aliphatic heterocycles. The van der Waals surface area contributed by atoms with Crippen molar-refractivity contribution in [1.82, 2.24) is 19.9 Å². The largest absolute Gasteiger partial charge is 0.332 e. The normalized spacial score (nSPS) is 11.1. The van der Waals surface area contributed by atoms with E-state index in [4.69, 9.17) is 16.1 Å². The lowest BCUT2D eigenvalue weighted by atomic mass is 10.1. The Morgan fingerprint density at radius 1 is 0.933 bits per heavy atom. The molecule has 0 spiro atoms. The highest BCUT2D eigenvalue weighted by atomic mass is 35.5. The van der Waals surface area contributed by atoms with Gasteiger partial charge in [0.1, 0.15) is 0 Å². The van der Waals surface area contributed by atoms with Gasteiger partial charge in [-0.2, -0.15) is 14.8 Å². The molecule has 146 valence electrons. The van der Waals surface area contributed by atoms with Crippen LogP contribution in [0.3, 0.4) is 0 Å². The average molecular weight is 415 g/mol. The lowest BCUT2D eigenvalue weighted by molar-refractivity contribution is 0.430. The molecule has 0 N–H and O–H groups in total. The van der Waals surface area contributed by atoms with Crippen molar-refractivity contribution in [1.29, 1.82) is 0 Å². The van der Waals surface area contributed by atoms with E-state index >= 15 is 0 Å². The van der Waals surface area contributed by atoms with Crippen molar-refractivity contribution in [3.05, 3.63) is 93.7 Å². The van der Waals surface area contributed by atoms with Crippen LogP contribution in [0.25, 0.3) is 39.4 Å². The summed E-state index contributed by atoms with van der Waals surface area (Å²) in [5, 5.41) is 10.4. The molecule has 0 amide bonds. The summed E-state index contributed by atoms with van der Waals surface area (Å²) in [6.07, 6.45) is 0. The second kappa shape index (κ2) is 7.24. The van der Waals surface area contributed by atoms with Gasteiger partial charge in [0.25, 0.3) is 11.4 Å². The third-order valence-electron chi connectivity index (χ3n) is 4.79. The van der Waals surface area contributed by atoms with Crippen LogP contribution < -0.4 is 5.56 Å². The van der Waals surface area contributed by atoms with Crippen LogP contribution >= 0.6 is 11.6 Å². The summed E-state index contributed by atoms with van der Waals surface area (Å²) in [6, 6.07) is 22.0. The third-order valence-corrected chi connectivity index (χ3v) is 5.03. The maximum absolute atomic E-state index is 13.1. The van der Waals surface area contributed by atoms with Crippen molar-refractivity contribution in [3.8, 4) is 28.7 Å². The van der Waals surface area contributed by atoms with E-state index in [1.54, 1.807) is 18.2 Å².